The summed E-state index contributed by atoms with van der Waals surface area (Å²) in [6, 6.07) is 0. The molecule has 2 aliphatic carbocycles. The van der Waals surface area contributed by atoms with Gasteiger partial charge in [0.1, 0.15) is 0 Å². The Kier molecular flexibility index (Phi) is 6.44. The number of carbonyl (C=O) groups excluding carboxylic acids is 3. The van der Waals surface area contributed by atoms with Crippen LogP contribution in [0.15, 0.2) is 60.8 Å². The van der Waals surface area contributed by atoms with Crippen LogP contribution in [0.4, 0.5) is 0 Å². The molecule has 0 saturated carbocycles. The van der Waals surface area contributed by atoms with Gasteiger partial charge in [0.05, 0.1) is 0 Å². The van der Waals surface area contributed by atoms with Gasteiger partial charge in [-0.15, -0.1) is 0 Å². The van der Waals surface area contributed by atoms with E-state index in [1.54, 1.807) is 6.92 Å². The monoisotopic (exact) mass is 408 g/mol. The van der Waals surface area contributed by atoms with Crippen LogP contribution in [-0.2, 0) is 42.1 Å². The molecule has 0 saturated heterocycles. The van der Waals surface area contributed by atoms with Gasteiger partial charge in [0.15, 0.2) is 0 Å². The molecule has 0 fully saturated rings. The number of hydrogen-bond acceptors (Lipinski definition) is 6. The quantitative estimate of drug-likeness (QED) is 0.467. The van der Waals surface area contributed by atoms with Gasteiger partial charge in [0, 0.05) is 0 Å². The van der Waals surface area contributed by atoms with Crippen LogP contribution in [0.5, 0.6) is 0 Å². The molecule has 0 spiro atoms. The Morgan fingerprint density at radius 2 is 1.41 bits per heavy atom. The van der Waals surface area contributed by atoms with Crippen molar-refractivity contribution in [2.45, 2.75) is 43.3 Å². The number of carbonyl (C=O) groups is 3. The van der Waals surface area contributed by atoms with Crippen molar-refractivity contribution in [2.24, 2.45) is 0 Å². The van der Waals surface area contributed by atoms with E-state index in [0.717, 1.165) is 60.6 Å². The van der Waals surface area contributed by atoms with Crippen molar-refractivity contribution in [3.63, 3.8) is 0 Å². The van der Waals surface area contributed by atoms with Gasteiger partial charge in [0.25, 0.3) is 0 Å². The number of allylic oxidation sites excluding steroid dienone is 4. The fourth-order valence-corrected chi connectivity index (χ4v) is 8.14. The average Bonchev–Trinajstić information content (AvgIpc) is 2.93. The zero-order valence-corrected chi connectivity index (χ0v) is 17.3. The van der Waals surface area contributed by atoms with E-state index in [1.807, 2.05) is 13.0 Å². The average molecular weight is 408 g/mol. The van der Waals surface area contributed by atoms with Gasteiger partial charge in [-0.05, 0) is 0 Å². The Morgan fingerprint density at radius 1 is 0.963 bits per heavy atom. The molecule has 0 radical (unpaired) electrons. The molecule has 1 unspecified atom stereocenters. The maximum atomic E-state index is 12.1. The van der Waals surface area contributed by atoms with Crippen LogP contribution in [0.25, 0.3) is 0 Å². The van der Waals surface area contributed by atoms with Crippen LogP contribution >= 0.6 is 0 Å². The van der Waals surface area contributed by atoms with Crippen LogP contribution in [0, 0.1) is 0 Å². The van der Waals surface area contributed by atoms with Gasteiger partial charge in [0.2, 0.25) is 0 Å². The van der Waals surface area contributed by atoms with Crippen molar-refractivity contribution in [1.82, 2.24) is 0 Å². The third kappa shape index (κ3) is 3.92. The fourth-order valence-electron chi connectivity index (χ4n) is 3.70. The predicted molar refractivity (Wildman–Crippen MR) is 96.5 cm³/mol. The molecule has 0 aromatic heterocycles. The summed E-state index contributed by atoms with van der Waals surface area (Å²) in [4.78, 5) is 36.4. The summed E-state index contributed by atoms with van der Waals surface area (Å²) >= 11 is -4.97. The van der Waals surface area contributed by atoms with E-state index in [-0.39, 0.29) is 0 Å². The minimum absolute atomic E-state index is 0.746. The van der Waals surface area contributed by atoms with Crippen molar-refractivity contribution >= 4 is 17.9 Å². The third-order valence-corrected chi connectivity index (χ3v) is 9.80. The van der Waals surface area contributed by atoms with Gasteiger partial charge < -0.3 is 0 Å². The molecule has 0 amide bonds. The molecule has 1 atom stereocenters. The first-order chi connectivity index (χ1) is 12.7. The Labute approximate surface area is 164 Å². The summed E-state index contributed by atoms with van der Waals surface area (Å²) in [7, 11) is 0. The predicted octanol–water partition coefficient (Wildman–Crippen LogP) is 4.08. The molecule has 0 bridgehead atoms. The Bertz CT molecular complexity index is 720. The Hall–Kier alpha value is -2.18. The molecule has 0 aromatic carbocycles. The number of rotatable bonds is 7. The summed E-state index contributed by atoms with van der Waals surface area (Å²) in [5.41, 5.74) is 3.16. The van der Waals surface area contributed by atoms with E-state index in [1.165, 1.54) is 0 Å². The molecule has 144 valence electrons. The third-order valence-electron chi connectivity index (χ3n) is 4.92. The summed E-state index contributed by atoms with van der Waals surface area (Å²) in [6.45, 7) is 13.9. The van der Waals surface area contributed by atoms with Gasteiger partial charge in [-0.3, -0.25) is 0 Å². The molecule has 27 heavy (non-hydrogen) atoms. The summed E-state index contributed by atoms with van der Waals surface area (Å²) in [5, 5.41) is 0. The van der Waals surface area contributed by atoms with Crippen LogP contribution in [-0.4, -0.2) is 17.9 Å². The molecule has 2 rings (SSSR count). The van der Waals surface area contributed by atoms with Gasteiger partial charge >= 0.3 is 164 Å². The fraction of sp³-hybridized carbons (Fsp3) is 0.350. The minimum atomic E-state index is -4.97. The van der Waals surface area contributed by atoms with E-state index in [2.05, 4.69) is 19.7 Å². The maximum absolute atomic E-state index is 12.1. The molecule has 7 heteroatoms. The zero-order valence-electron chi connectivity index (χ0n) is 15.7. The standard InChI is InChI=1S/C11H15.3C3H4O2.Ti/c1-8-7-9(2)11-6-4-3-5-10(8)11;3*1-2-3(4)5;/h7H,3-6H2,1-2H3;3*2H,1H2,(H,4,5);/q;;;;+3/p-3. The first kappa shape index (κ1) is 21.1. The SMILES string of the molecule is C=CC(=O)[O][Ti]([O]C(=O)C=C)([O]C(=O)C=C)[C]1(C)C=C(C)C2=C1CCCC2. The topological polar surface area (TPSA) is 78.9 Å². The van der Waals surface area contributed by atoms with Gasteiger partial charge in [-0.2, -0.15) is 0 Å². The Morgan fingerprint density at radius 3 is 1.85 bits per heavy atom. The summed E-state index contributed by atoms with van der Waals surface area (Å²) in [6.07, 6.45) is 8.38. The zero-order chi connectivity index (χ0) is 20.2. The molecule has 2 aliphatic rings. The van der Waals surface area contributed by atoms with Crippen molar-refractivity contribution in [3.8, 4) is 0 Å². The van der Waals surface area contributed by atoms with Crippen molar-refractivity contribution in [1.29, 1.82) is 0 Å². The van der Waals surface area contributed by atoms with Gasteiger partial charge in [-0.25, -0.2) is 0 Å². The second-order valence-electron chi connectivity index (χ2n) is 6.63. The Balaban J connectivity index is 2.69. The van der Waals surface area contributed by atoms with E-state index >= 15 is 0 Å². The first-order valence-electron chi connectivity index (χ1n) is 8.71. The van der Waals surface area contributed by atoms with E-state index in [0.29, 0.717) is 0 Å². The second-order valence-corrected chi connectivity index (χ2v) is 10.9. The molecular weight excluding hydrogens is 384 g/mol. The van der Waals surface area contributed by atoms with Crippen molar-refractivity contribution < 1.29 is 42.1 Å². The van der Waals surface area contributed by atoms with E-state index in [9.17, 15) is 14.4 Å². The summed E-state index contributed by atoms with van der Waals surface area (Å²) < 4.78 is 15.8. The molecule has 0 aliphatic heterocycles. The summed E-state index contributed by atoms with van der Waals surface area (Å²) in [5.74, 6) is -2.46. The van der Waals surface area contributed by atoms with Crippen LogP contribution in [0.2, 0.25) is 3.72 Å². The molecular formula is C20H24O6Ti. The van der Waals surface area contributed by atoms with Crippen LogP contribution < -0.4 is 0 Å². The number of hydrogen-bond donors (Lipinski definition) is 0. The molecule has 6 nitrogen and oxygen atoms in total. The first-order valence-corrected chi connectivity index (χ1v) is 11.4. The van der Waals surface area contributed by atoms with E-state index in [4.69, 9.17) is 9.96 Å². The second kappa shape index (κ2) is 8.23. The molecule has 0 heterocycles. The van der Waals surface area contributed by atoms with Crippen molar-refractivity contribution in [3.05, 3.63) is 60.8 Å². The van der Waals surface area contributed by atoms with Gasteiger partial charge in [-0.1, -0.05) is 0 Å². The molecule has 0 aromatic rings. The van der Waals surface area contributed by atoms with Crippen LogP contribution in [0.3, 0.4) is 0 Å². The van der Waals surface area contributed by atoms with Crippen molar-refractivity contribution in [2.75, 3.05) is 0 Å². The van der Waals surface area contributed by atoms with E-state index < -0.39 is 39.4 Å². The normalized spacial score (nSPS) is 21.5. The van der Waals surface area contributed by atoms with Crippen LogP contribution in [0.1, 0.15) is 39.5 Å². The molecule has 0 N–H and O–H groups in total.